The van der Waals surface area contributed by atoms with Crippen LogP contribution in [0, 0.1) is 5.92 Å². The maximum Gasteiger partial charge on any atom is 0.418 e. The van der Waals surface area contributed by atoms with Crippen LogP contribution in [-0.4, -0.2) is 94.1 Å². The van der Waals surface area contributed by atoms with E-state index in [0.717, 1.165) is 25.2 Å². The summed E-state index contributed by atoms with van der Waals surface area (Å²) in [4.78, 5) is 42.2. The standard InChI is InChI=1S/C20H24N6O4S.C6H10N2O6S/c1-12(16-11-31-20(21)23-16)24-30-17(19(27)28)10-29-15-3-4-18-25(2)14(8-26(18)9-15)5-13-6-22-7-13;1-6(2)4(7-3-9)5(10)8(6)14-15(11,12)13/h3-4,8-9,11,13,17,22H,5-7,10H2,1-2H3,(H2-,21,23,27,28);3-4H,1-2H3,(H,7,9)(H,11,12,13)/p+1/b24-12+;/t17-;/m1./s1. The number of oxime groups is 1. The number of pyridine rings is 1. The summed E-state index contributed by atoms with van der Waals surface area (Å²) in [5.74, 6) is -0.704. The fraction of sp³-hybridized carbons (Fsp3) is 0.462. The number of imidazole rings is 1. The molecule has 0 aliphatic carbocycles. The van der Waals surface area contributed by atoms with Gasteiger partial charge in [-0.25, -0.2) is 14.3 Å². The quantitative estimate of drug-likeness (QED) is 0.0374. The number of ether oxygens (including phenoxy) is 1. The molecule has 3 aromatic rings. The van der Waals surface area contributed by atoms with E-state index in [4.69, 9.17) is 19.9 Å². The Morgan fingerprint density at radius 1 is 1.37 bits per heavy atom. The normalized spacial score (nSPS) is 18.5. The number of hydroxylamine groups is 2. The van der Waals surface area contributed by atoms with Crippen LogP contribution in [0.2, 0.25) is 0 Å². The second-order valence-corrected chi connectivity index (χ2v) is 12.9. The molecule has 250 valence electrons. The third kappa shape index (κ3) is 8.07. The number of rotatable bonds is 13. The summed E-state index contributed by atoms with van der Waals surface area (Å²) in [6.07, 6.45) is 4.00. The molecule has 0 saturated carbocycles. The molecule has 0 spiro atoms. The smallest absolute Gasteiger partial charge is 0.418 e. The number of carboxylic acids is 1. The summed E-state index contributed by atoms with van der Waals surface area (Å²) in [5, 5.41) is 21.4. The van der Waals surface area contributed by atoms with E-state index in [0.29, 0.717) is 39.7 Å². The van der Waals surface area contributed by atoms with Crippen molar-refractivity contribution in [3.05, 3.63) is 41.3 Å². The lowest BCUT2D eigenvalue weighted by molar-refractivity contribution is -0.511. The Labute approximate surface area is 267 Å². The van der Waals surface area contributed by atoms with Crippen LogP contribution in [0.4, 0.5) is 5.13 Å². The third-order valence-electron chi connectivity index (χ3n) is 7.32. The number of nitrogens with zero attached hydrogens (tertiary/aromatic N) is 5. The van der Waals surface area contributed by atoms with Crippen LogP contribution in [-0.2, 0) is 47.4 Å². The maximum atomic E-state index is 11.5. The monoisotopic (exact) mass is 683 g/mol. The first-order valence-electron chi connectivity index (χ1n) is 13.8. The number of nitrogens with two attached hydrogens (primary N) is 1. The minimum atomic E-state index is -4.74. The van der Waals surface area contributed by atoms with Crippen molar-refractivity contribution in [1.82, 2.24) is 25.2 Å². The second kappa shape index (κ2) is 14.0. The topological polar surface area (TPSA) is 241 Å². The molecule has 2 aliphatic rings. The molecule has 1 unspecified atom stereocenters. The number of hydrogen-bond acceptors (Lipinski definition) is 13. The number of aryl methyl sites for hydroxylation is 1. The number of nitrogens with one attached hydrogen (secondary N) is 2. The summed E-state index contributed by atoms with van der Waals surface area (Å²) in [7, 11) is -2.69. The molecule has 2 fully saturated rings. The number of aromatic nitrogens is 3. The van der Waals surface area contributed by atoms with Gasteiger partial charge in [-0.1, -0.05) is 5.16 Å². The van der Waals surface area contributed by atoms with Crippen LogP contribution in [0.25, 0.3) is 5.65 Å². The maximum absolute atomic E-state index is 11.5. The summed E-state index contributed by atoms with van der Waals surface area (Å²) in [6, 6.07) is 2.90. The first-order chi connectivity index (χ1) is 21.6. The molecule has 5 rings (SSSR count). The van der Waals surface area contributed by atoms with Crippen LogP contribution in [0.5, 0.6) is 5.75 Å². The highest BCUT2D eigenvalue weighted by atomic mass is 32.3. The number of hydrogen-bond donors (Lipinski definition) is 5. The Morgan fingerprint density at radius 2 is 2.09 bits per heavy atom. The van der Waals surface area contributed by atoms with Gasteiger partial charge in [-0.15, -0.1) is 15.6 Å². The summed E-state index contributed by atoms with van der Waals surface area (Å²) < 4.78 is 43.0. The SMILES string of the molecule is C/C(=N\O[C@H](COc1ccc2n(C)c(CC3CNC3)c[n+]2c1)C(=O)O)c1csc(N)n1.CC1(C)C(NC=O)C(=O)N1OS(=O)(=O)O. The summed E-state index contributed by atoms with van der Waals surface area (Å²) >= 11 is 1.27. The lowest BCUT2D eigenvalue weighted by Gasteiger charge is -2.50. The summed E-state index contributed by atoms with van der Waals surface area (Å²) in [6.45, 7) is 6.53. The largest absolute Gasteiger partial charge is 0.485 e. The van der Waals surface area contributed by atoms with Crippen LogP contribution < -0.4 is 25.5 Å². The molecule has 2 saturated heterocycles. The van der Waals surface area contributed by atoms with E-state index in [-0.39, 0.29) is 6.61 Å². The number of fused-ring (bicyclic) bond motifs is 1. The van der Waals surface area contributed by atoms with E-state index < -0.39 is 40.0 Å². The summed E-state index contributed by atoms with van der Waals surface area (Å²) in [5.41, 5.74) is 7.83. The van der Waals surface area contributed by atoms with Crippen molar-refractivity contribution in [2.75, 3.05) is 25.4 Å². The predicted molar refractivity (Wildman–Crippen MR) is 162 cm³/mol. The second-order valence-electron chi connectivity index (χ2n) is 11.0. The molecule has 2 atom stereocenters. The van der Waals surface area contributed by atoms with Crippen molar-refractivity contribution in [3.63, 3.8) is 0 Å². The van der Waals surface area contributed by atoms with Gasteiger partial charge < -0.3 is 31.0 Å². The molecule has 2 amide bonds. The molecule has 0 aromatic carbocycles. The molecular weight excluding hydrogens is 648 g/mol. The first kappa shape index (κ1) is 34.5. The van der Waals surface area contributed by atoms with Crippen LogP contribution in [0.3, 0.4) is 0 Å². The highest BCUT2D eigenvalue weighted by Crippen LogP contribution is 2.32. The number of carbonyl (C=O) groups excluding carboxylic acids is 2. The molecule has 2 aliphatic heterocycles. The third-order valence-corrected chi connectivity index (χ3v) is 8.33. The average Bonchev–Trinajstić information content (AvgIpc) is 3.54. The Morgan fingerprint density at radius 3 is 2.63 bits per heavy atom. The Kier molecular flexibility index (Phi) is 10.5. The highest BCUT2D eigenvalue weighted by molar-refractivity contribution is 7.80. The van der Waals surface area contributed by atoms with Gasteiger partial charge in [0.25, 0.3) is 17.7 Å². The van der Waals surface area contributed by atoms with Gasteiger partial charge in [0.1, 0.15) is 42.1 Å². The van der Waals surface area contributed by atoms with Crippen molar-refractivity contribution in [2.24, 2.45) is 18.1 Å². The van der Waals surface area contributed by atoms with Gasteiger partial charge >= 0.3 is 16.4 Å². The minimum Gasteiger partial charge on any atom is -0.485 e. The Bertz CT molecular complexity index is 1730. The lowest BCUT2D eigenvalue weighted by atomic mass is 9.85. The molecule has 6 N–H and O–H groups in total. The first-order valence-corrected chi connectivity index (χ1v) is 16.0. The van der Waals surface area contributed by atoms with Gasteiger partial charge in [0.15, 0.2) is 10.9 Å². The molecular formula is C26H35N8O10S2+. The zero-order valence-corrected chi connectivity index (χ0v) is 26.9. The highest BCUT2D eigenvalue weighted by Gasteiger charge is 2.57. The number of amides is 2. The van der Waals surface area contributed by atoms with Gasteiger partial charge in [0, 0.05) is 17.9 Å². The number of anilines is 1. The molecule has 0 bridgehead atoms. The van der Waals surface area contributed by atoms with E-state index in [2.05, 4.69) is 35.8 Å². The fourth-order valence-corrected chi connectivity index (χ4v) is 5.68. The van der Waals surface area contributed by atoms with E-state index in [1.165, 1.54) is 30.9 Å². The Balaban J connectivity index is 0.000000270. The van der Waals surface area contributed by atoms with Gasteiger partial charge in [-0.3, -0.25) is 14.1 Å². The van der Waals surface area contributed by atoms with E-state index >= 15 is 0 Å². The molecule has 0 radical (unpaired) electrons. The van der Waals surface area contributed by atoms with Gasteiger partial charge in [0.05, 0.1) is 12.6 Å². The molecule has 5 heterocycles. The number of aliphatic carboxylic acids is 1. The number of β-lactam (4-membered cyclic amide) rings is 1. The van der Waals surface area contributed by atoms with Crippen molar-refractivity contribution in [2.45, 2.75) is 44.9 Å². The van der Waals surface area contributed by atoms with Crippen LogP contribution in [0.1, 0.15) is 32.2 Å². The predicted octanol–water partition coefficient (Wildman–Crippen LogP) is -0.707. The molecule has 46 heavy (non-hydrogen) atoms. The number of nitrogen functional groups attached to an aromatic ring is 1. The number of carbonyl (C=O) groups is 3. The van der Waals surface area contributed by atoms with Crippen molar-refractivity contribution in [1.29, 1.82) is 0 Å². The van der Waals surface area contributed by atoms with E-state index in [1.54, 1.807) is 12.3 Å². The zero-order valence-electron chi connectivity index (χ0n) is 25.3. The van der Waals surface area contributed by atoms with Gasteiger partial charge in [-0.05, 0) is 45.8 Å². The zero-order chi connectivity index (χ0) is 33.8. The number of carboxylic acid groups (broad SMARTS) is 1. The van der Waals surface area contributed by atoms with Gasteiger partial charge in [0.2, 0.25) is 6.41 Å². The number of thiazole rings is 1. The minimum absolute atomic E-state index is 0.190. The lowest BCUT2D eigenvalue weighted by Crippen LogP contribution is -2.75. The van der Waals surface area contributed by atoms with E-state index in [1.807, 2.05) is 29.8 Å². The Hall–Kier alpha value is -4.37. The van der Waals surface area contributed by atoms with Crippen LogP contribution >= 0.6 is 11.3 Å². The van der Waals surface area contributed by atoms with E-state index in [9.17, 15) is 27.9 Å². The molecule has 20 heteroatoms. The van der Waals surface area contributed by atoms with Crippen molar-refractivity contribution in [3.8, 4) is 5.75 Å². The molecule has 3 aromatic heterocycles. The van der Waals surface area contributed by atoms with Crippen LogP contribution in [0.15, 0.2) is 35.1 Å². The molecule has 18 nitrogen and oxygen atoms in total. The van der Waals surface area contributed by atoms with Gasteiger partial charge in [-0.2, -0.15) is 17.9 Å². The average molecular weight is 684 g/mol. The van der Waals surface area contributed by atoms with Crippen molar-refractivity contribution >= 4 is 56.5 Å². The fourth-order valence-electron chi connectivity index (χ4n) is 4.62. The van der Waals surface area contributed by atoms with Crippen molar-refractivity contribution < 1.29 is 50.7 Å².